The Morgan fingerprint density at radius 1 is 1.08 bits per heavy atom. The number of nitrogens with zero attached hydrogens (tertiary/aromatic N) is 4. The Balaban J connectivity index is 1.50. The van der Waals surface area contributed by atoms with Gasteiger partial charge in [0.15, 0.2) is 23.9 Å². The Morgan fingerprint density at radius 2 is 1.83 bits per heavy atom. The molecule has 0 radical (unpaired) electrons. The fourth-order valence-electron chi connectivity index (χ4n) is 2.62. The lowest BCUT2D eigenvalue weighted by atomic mass is 10.3. The number of methoxy groups -OCH3 is 1. The molecule has 24 heavy (non-hydrogen) atoms. The van der Waals surface area contributed by atoms with E-state index in [1.165, 1.54) is 0 Å². The number of piperazine rings is 1. The molecular formula is C17H20N4O3. The fourth-order valence-corrected chi connectivity index (χ4v) is 2.62. The average molecular weight is 328 g/mol. The predicted octanol–water partition coefficient (Wildman–Crippen LogP) is 1.21. The monoisotopic (exact) mass is 328 g/mol. The number of anilines is 1. The molecule has 0 atom stereocenters. The van der Waals surface area contributed by atoms with Crippen molar-refractivity contribution in [2.45, 2.75) is 0 Å². The lowest BCUT2D eigenvalue weighted by Crippen LogP contribution is -2.50. The second kappa shape index (κ2) is 7.63. The third-order valence-corrected chi connectivity index (χ3v) is 3.93. The van der Waals surface area contributed by atoms with E-state index in [1.54, 1.807) is 25.4 Å². The zero-order valence-corrected chi connectivity index (χ0v) is 13.6. The van der Waals surface area contributed by atoms with Crippen LogP contribution in [0.1, 0.15) is 0 Å². The molecule has 0 saturated carbocycles. The minimum absolute atomic E-state index is 0.00547. The van der Waals surface area contributed by atoms with Gasteiger partial charge in [-0.15, -0.1) is 5.10 Å². The first-order chi connectivity index (χ1) is 11.8. The number of ether oxygens (including phenoxy) is 2. The lowest BCUT2D eigenvalue weighted by Gasteiger charge is -2.35. The van der Waals surface area contributed by atoms with Crippen LogP contribution in [-0.2, 0) is 4.79 Å². The minimum atomic E-state index is -0.0281. The van der Waals surface area contributed by atoms with Gasteiger partial charge in [-0.05, 0) is 24.3 Å². The van der Waals surface area contributed by atoms with Crippen LogP contribution in [0.25, 0.3) is 0 Å². The number of carbonyl (C=O) groups is 1. The number of carbonyl (C=O) groups excluding carboxylic acids is 1. The van der Waals surface area contributed by atoms with Gasteiger partial charge in [0, 0.05) is 32.4 Å². The molecule has 0 aliphatic carbocycles. The fraction of sp³-hybridized carbons (Fsp3) is 0.353. The molecule has 1 aromatic carbocycles. The standard InChI is InChI=1S/C17H20N4O3/c1-23-14-5-2-3-6-15(14)24-13-17(22)21-11-9-20(10-12-21)16-7-4-8-18-19-16/h2-8H,9-13H2,1H3. The Bertz CT molecular complexity index is 673. The first kappa shape index (κ1) is 16.0. The van der Waals surface area contributed by atoms with E-state index >= 15 is 0 Å². The summed E-state index contributed by atoms with van der Waals surface area (Å²) in [5.74, 6) is 2.01. The molecule has 1 amide bonds. The summed E-state index contributed by atoms with van der Waals surface area (Å²) in [7, 11) is 1.58. The first-order valence-electron chi connectivity index (χ1n) is 7.84. The maximum atomic E-state index is 12.3. The number of amides is 1. The minimum Gasteiger partial charge on any atom is -0.493 e. The Hall–Kier alpha value is -2.83. The number of hydrogen-bond acceptors (Lipinski definition) is 6. The second-order valence-corrected chi connectivity index (χ2v) is 5.39. The van der Waals surface area contributed by atoms with Gasteiger partial charge < -0.3 is 19.3 Å². The van der Waals surface area contributed by atoms with Crippen molar-refractivity contribution in [2.75, 3.05) is 44.8 Å². The maximum Gasteiger partial charge on any atom is 0.260 e. The van der Waals surface area contributed by atoms with Crippen LogP contribution in [0.15, 0.2) is 42.6 Å². The molecule has 1 saturated heterocycles. The summed E-state index contributed by atoms with van der Waals surface area (Å²) in [5, 5.41) is 7.99. The van der Waals surface area contributed by atoms with Gasteiger partial charge in [-0.2, -0.15) is 5.10 Å². The topological polar surface area (TPSA) is 67.8 Å². The summed E-state index contributed by atoms with van der Waals surface area (Å²) < 4.78 is 10.8. The molecule has 7 heteroatoms. The summed E-state index contributed by atoms with van der Waals surface area (Å²) in [5.41, 5.74) is 0. The van der Waals surface area contributed by atoms with Gasteiger partial charge >= 0.3 is 0 Å². The molecule has 126 valence electrons. The molecule has 1 aliphatic heterocycles. The van der Waals surface area contributed by atoms with Gasteiger partial charge in [-0.3, -0.25) is 4.79 Å². The average Bonchev–Trinajstić information content (AvgIpc) is 2.67. The van der Waals surface area contributed by atoms with E-state index in [9.17, 15) is 4.79 Å². The lowest BCUT2D eigenvalue weighted by molar-refractivity contribution is -0.133. The quantitative estimate of drug-likeness (QED) is 0.822. The van der Waals surface area contributed by atoms with Gasteiger partial charge in [0.1, 0.15) is 0 Å². The van der Waals surface area contributed by atoms with Gasteiger partial charge in [-0.1, -0.05) is 12.1 Å². The van der Waals surface area contributed by atoms with Crippen molar-refractivity contribution in [3.8, 4) is 11.5 Å². The molecule has 2 heterocycles. The molecule has 0 N–H and O–H groups in total. The number of aromatic nitrogens is 2. The Morgan fingerprint density at radius 3 is 2.50 bits per heavy atom. The molecule has 2 aromatic rings. The molecule has 1 aromatic heterocycles. The molecule has 0 unspecified atom stereocenters. The van der Waals surface area contributed by atoms with Crippen LogP contribution in [0, 0.1) is 0 Å². The van der Waals surface area contributed by atoms with Gasteiger partial charge in [0.05, 0.1) is 7.11 Å². The van der Waals surface area contributed by atoms with Crippen LogP contribution in [0.4, 0.5) is 5.82 Å². The number of rotatable bonds is 5. The maximum absolute atomic E-state index is 12.3. The van der Waals surface area contributed by atoms with E-state index in [0.717, 1.165) is 18.9 Å². The third-order valence-electron chi connectivity index (χ3n) is 3.93. The summed E-state index contributed by atoms with van der Waals surface area (Å²) in [6.07, 6.45) is 1.65. The largest absolute Gasteiger partial charge is 0.493 e. The van der Waals surface area contributed by atoms with Crippen molar-refractivity contribution in [1.82, 2.24) is 15.1 Å². The normalized spacial score (nSPS) is 14.4. The van der Waals surface area contributed by atoms with E-state index in [-0.39, 0.29) is 12.5 Å². The molecule has 1 fully saturated rings. The SMILES string of the molecule is COc1ccccc1OCC(=O)N1CCN(c2cccnn2)CC1. The summed E-state index contributed by atoms with van der Waals surface area (Å²) in [6, 6.07) is 11.1. The third kappa shape index (κ3) is 3.73. The van der Waals surface area contributed by atoms with Crippen molar-refractivity contribution >= 4 is 11.7 Å². The predicted molar refractivity (Wildman–Crippen MR) is 89.3 cm³/mol. The summed E-state index contributed by atoms with van der Waals surface area (Å²) in [6.45, 7) is 2.76. The highest BCUT2D eigenvalue weighted by atomic mass is 16.5. The van der Waals surface area contributed by atoms with Crippen molar-refractivity contribution < 1.29 is 14.3 Å². The van der Waals surface area contributed by atoms with E-state index in [2.05, 4.69) is 15.1 Å². The van der Waals surface area contributed by atoms with Crippen LogP contribution < -0.4 is 14.4 Å². The smallest absolute Gasteiger partial charge is 0.260 e. The van der Waals surface area contributed by atoms with Crippen molar-refractivity contribution in [3.63, 3.8) is 0 Å². The van der Waals surface area contributed by atoms with Crippen molar-refractivity contribution in [1.29, 1.82) is 0 Å². The molecule has 0 bridgehead atoms. The van der Waals surface area contributed by atoms with Crippen LogP contribution in [0.3, 0.4) is 0 Å². The van der Waals surface area contributed by atoms with Crippen LogP contribution in [-0.4, -0.2) is 60.9 Å². The zero-order valence-electron chi connectivity index (χ0n) is 13.6. The Kier molecular flexibility index (Phi) is 5.10. The molecule has 3 rings (SSSR count). The van der Waals surface area contributed by atoms with Crippen LogP contribution in [0.2, 0.25) is 0 Å². The second-order valence-electron chi connectivity index (χ2n) is 5.39. The number of para-hydroxylation sites is 2. The number of benzene rings is 1. The summed E-state index contributed by atoms with van der Waals surface area (Å²) >= 11 is 0. The highest BCUT2D eigenvalue weighted by Crippen LogP contribution is 2.25. The highest BCUT2D eigenvalue weighted by molar-refractivity contribution is 5.78. The summed E-state index contributed by atoms with van der Waals surface area (Å²) in [4.78, 5) is 16.3. The molecule has 7 nitrogen and oxygen atoms in total. The highest BCUT2D eigenvalue weighted by Gasteiger charge is 2.22. The van der Waals surface area contributed by atoms with E-state index in [0.29, 0.717) is 24.6 Å². The number of hydrogen-bond donors (Lipinski definition) is 0. The van der Waals surface area contributed by atoms with E-state index < -0.39 is 0 Å². The van der Waals surface area contributed by atoms with E-state index in [4.69, 9.17) is 9.47 Å². The van der Waals surface area contributed by atoms with E-state index in [1.807, 2.05) is 29.2 Å². The first-order valence-corrected chi connectivity index (χ1v) is 7.84. The molecule has 0 spiro atoms. The van der Waals surface area contributed by atoms with Crippen molar-refractivity contribution in [2.24, 2.45) is 0 Å². The molecular weight excluding hydrogens is 308 g/mol. The van der Waals surface area contributed by atoms with Crippen LogP contribution in [0.5, 0.6) is 11.5 Å². The van der Waals surface area contributed by atoms with Gasteiger partial charge in [-0.25, -0.2) is 0 Å². The van der Waals surface area contributed by atoms with Gasteiger partial charge in [0.25, 0.3) is 5.91 Å². The zero-order chi connectivity index (χ0) is 16.8. The van der Waals surface area contributed by atoms with Crippen molar-refractivity contribution in [3.05, 3.63) is 42.6 Å². The molecule has 1 aliphatic rings. The van der Waals surface area contributed by atoms with Crippen LogP contribution >= 0.6 is 0 Å². The van der Waals surface area contributed by atoms with Gasteiger partial charge in [0.2, 0.25) is 0 Å². The Labute approximate surface area is 140 Å².